The third kappa shape index (κ3) is 3.50. The predicted octanol–water partition coefficient (Wildman–Crippen LogP) is 4.64. The molecule has 2 heterocycles. The molecular formula is C26H25N3O4. The number of carbonyl (C=O) groups excluding carboxylic acids is 1. The summed E-state index contributed by atoms with van der Waals surface area (Å²) in [6, 6.07) is 13.6. The Labute approximate surface area is 191 Å². The molecule has 0 aliphatic heterocycles. The lowest BCUT2D eigenvalue weighted by Gasteiger charge is -2.24. The lowest BCUT2D eigenvalue weighted by molar-refractivity contribution is 0.0962. The lowest BCUT2D eigenvalue weighted by atomic mass is 9.82. The van der Waals surface area contributed by atoms with E-state index in [1.807, 2.05) is 55.6 Å². The van der Waals surface area contributed by atoms with Crippen LogP contribution in [0.15, 0.2) is 48.7 Å². The average molecular weight is 444 g/mol. The third-order valence-corrected chi connectivity index (χ3v) is 6.29. The predicted molar refractivity (Wildman–Crippen MR) is 125 cm³/mol. The number of carbonyl (C=O) groups is 1. The van der Waals surface area contributed by atoms with E-state index in [9.17, 15) is 4.79 Å². The molecule has 168 valence electrons. The highest BCUT2D eigenvalue weighted by molar-refractivity contribution is 5.99. The van der Waals surface area contributed by atoms with Crippen molar-refractivity contribution in [3.8, 4) is 28.4 Å². The van der Waals surface area contributed by atoms with Gasteiger partial charge in [-0.1, -0.05) is 24.3 Å². The maximum Gasteiger partial charge on any atom is 0.166 e. The number of aryl methyl sites for hydroxylation is 1. The molecule has 0 radical (unpaired) electrons. The molecule has 0 saturated heterocycles. The zero-order chi connectivity index (χ0) is 23.1. The normalized spacial score (nSPS) is 15.4. The van der Waals surface area contributed by atoms with Crippen LogP contribution in [0.5, 0.6) is 17.2 Å². The van der Waals surface area contributed by atoms with E-state index < -0.39 is 0 Å². The number of nitrogens with zero attached hydrogens (tertiary/aromatic N) is 3. The van der Waals surface area contributed by atoms with Gasteiger partial charge in [-0.05, 0) is 42.7 Å². The van der Waals surface area contributed by atoms with Crippen molar-refractivity contribution in [3.63, 3.8) is 0 Å². The molecule has 1 aliphatic rings. The highest BCUT2D eigenvalue weighted by Crippen LogP contribution is 2.39. The van der Waals surface area contributed by atoms with Crippen LogP contribution in [0.25, 0.3) is 16.8 Å². The SMILES string of the molecule is COc1ccc(-c2c(C)nn3cc4c(nc23)CC(c2ccccc2OC)CC4=O)cc1OC. The van der Waals surface area contributed by atoms with Crippen molar-refractivity contribution >= 4 is 11.4 Å². The molecule has 0 bridgehead atoms. The first kappa shape index (κ1) is 21.0. The number of hydrogen-bond donors (Lipinski definition) is 0. The van der Waals surface area contributed by atoms with Gasteiger partial charge >= 0.3 is 0 Å². The van der Waals surface area contributed by atoms with Crippen LogP contribution in [-0.2, 0) is 6.42 Å². The van der Waals surface area contributed by atoms with Gasteiger partial charge < -0.3 is 14.2 Å². The van der Waals surface area contributed by atoms with Crippen molar-refractivity contribution in [1.82, 2.24) is 14.6 Å². The van der Waals surface area contributed by atoms with E-state index in [-0.39, 0.29) is 11.7 Å². The van der Waals surface area contributed by atoms with Gasteiger partial charge in [-0.3, -0.25) is 4.79 Å². The second-order valence-electron chi connectivity index (χ2n) is 8.17. The number of hydrogen-bond acceptors (Lipinski definition) is 6. The molecule has 7 nitrogen and oxygen atoms in total. The number of benzene rings is 2. The van der Waals surface area contributed by atoms with Crippen molar-refractivity contribution in [1.29, 1.82) is 0 Å². The molecule has 1 atom stereocenters. The Balaban J connectivity index is 1.62. The van der Waals surface area contributed by atoms with Crippen LogP contribution in [0, 0.1) is 6.92 Å². The molecule has 1 aliphatic carbocycles. The van der Waals surface area contributed by atoms with Crippen molar-refractivity contribution < 1.29 is 19.0 Å². The minimum absolute atomic E-state index is 0.0182. The Morgan fingerprint density at radius 2 is 1.70 bits per heavy atom. The second-order valence-corrected chi connectivity index (χ2v) is 8.17. The van der Waals surface area contributed by atoms with Gasteiger partial charge in [-0.15, -0.1) is 0 Å². The van der Waals surface area contributed by atoms with Crippen molar-refractivity contribution in [2.45, 2.75) is 25.7 Å². The van der Waals surface area contributed by atoms with Gasteiger partial charge in [0.1, 0.15) is 5.75 Å². The summed E-state index contributed by atoms with van der Waals surface area (Å²) in [7, 11) is 4.88. The van der Waals surface area contributed by atoms with Crippen LogP contribution < -0.4 is 14.2 Å². The summed E-state index contributed by atoms with van der Waals surface area (Å²) in [5.41, 5.74) is 5.83. The van der Waals surface area contributed by atoms with E-state index in [2.05, 4.69) is 5.10 Å². The van der Waals surface area contributed by atoms with Gasteiger partial charge in [0.15, 0.2) is 22.9 Å². The first-order valence-electron chi connectivity index (χ1n) is 10.8. The van der Waals surface area contributed by atoms with Gasteiger partial charge in [-0.2, -0.15) is 5.10 Å². The zero-order valence-corrected chi connectivity index (χ0v) is 19.1. The van der Waals surface area contributed by atoms with E-state index in [4.69, 9.17) is 19.2 Å². The first-order chi connectivity index (χ1) is 16.0. The molecule has 0 amide bonds. The lowest BCUT2D eigenvalue weighted by Crippen LogP contribution is -2.21. The average Bonchev–Trinajstić information content (AvgIpc) is 3.16. The number of fused-ring (bicyclic) bond motifs is 2. The molecule has 33 heavy (non-hydrogen) atoms. The van der Waals surface area contributed by atoms with Crippen molar-refractivity contribution in [2.24, 2.45) is 0 Å². The Morgan fingerprint density at radius 1 is 0.939 bits per heavy atom. The first-order valence-corrected chi connectivity index (χ1v) is 10.8. The van der Waals surface area contributed by atoms with Crippen LogP contribution in [0.4, 0.5) is 0 Å². The smallest absolute Gasteiger partial charge is 0.166 e. The fourth-order valence-electron chi connectivity index (χ4n) is 4.70. The number of rotatable bonds is 5. The summed E-state index contributed by atoms with van der Waals surface area (Å²) < 4.78 is 18.1. The van der Waals surface area contributed by atoms with E-state index in [1.165, 1.54) is 0 Å². The van der Waals surface area contributed by atoms with Crippen LogP contribution in [0.3, 0.4) is 0 Å². The molecule has 7 heteroatoms. The second kappa shape index (κ2) is 8.24. The van der Waals surface area contributed by atoms with E-state index in [1.54, 1.807) is 25.8 Å². The minimum atomic E-state index is 0.0182. The zero-order valence-electron chi connectivity index (χ0n) is 19.1. The third-order valence-electron chi connectivity index (χ3n) is 6.29. The molecular weight excluding hydrogens is 418 g/mol. The Bertz CT molecular complexity index is 1380. The Hall–Kier alpha value is -3.87. The fraction of sp³-hybridized carbons (Fsp3) is 0.269. The summed E-state index contributed by atoms with van der Waals surface area (Å²) in [4.78, 5) is 18.0. The van der Waals surface area contributed by atoms with E-state index in [0.717, 1.165) is 33.8 Å². The molecule has 4 aromatic rings. The van der Waals surface area contributed by atoms with Crippen molar-refractivity contribution in [3.05, 3.63) is 71.2 Å². The molecule has 2 aromatic carbocycles. The molecule has 2 aromatic heterocycles. The van der Waals surface area contributed by atoms with E-state index in [0.29, 0.717) is 35.6 Å². The number of para-hydroxylation sites is 1. The van der Waals surface area contributed by atoms with Gasteiger partial charge in [0, 0.05) is 24.1 Å². The van der Waals surface area contributed by atoms with Crippen LogP contribution in [-0.4, -0.2) is 41.7 Å². The largest absolute Gasteiger partial charge is 0.496 e. The molecule has 0 N–H and O–H groups in total. The standard InChI is InChI=1S/C26H25N3O4/c1-15-25(16-9-10-23(32-3)24(13-16)33-4)26-27-20-11-17(18-7-5-6-8-22(18)31-2)12-21(30)19(20)14-29(26)28-15/h5-10,13-14,17H,11-12H2,1-4H3. The maximum absolute atomic E-state index is 13.1. The summed E-state index contributed by atoms with van der Waals surface area (Å²) in [5.74, 6) is 2.18. The Kier molecular flexibility index (Phi) is 5.24. The number of methoxy groups -OCH3 is 3. The fourth-order valence-corrected chi connectivity index (χ4v) is 4.70. The number of aromatic nitrogens is 3. The molecule has 0 saturated carbocycles. The molecule has 5 rings (SSSR count). The number of Topliss-reactive ketones (excluding diaryl/α,β-unsaturated/α-hetero) is 1. The molecule has 1 unspecified atom stereocenters. The quantitative estimate of drug-likeness (QED) is 0.447. The summed E-state index contributed by atoms with van der Waals surface area (Å²) >= 11 is 0. The monoisotopic (exact) mass is 443 g/mol. The van der Waals surface area contributed by atoms with Crippen molar-refractivity contribution in [2.75, 3.05) is 21.3 Å². The summed E-state index contributed by atoms with van der Waals surface area (Å²) in [6.45, 7) is 1.94. The van der Waals surface area contributed by atoms with Crippen LogP contribution in [0.1, 0.15) is 39.6 Å². The number of ketones is 1. The minimum Gasteiger partial charge on any atom is -0.496 e. The van der Waals surface area contributed by atoms with E-state index >= 15 is 0 Å². The maximum atomic E-state index is 13.1. The van der Waals surface area contributed by atoms with Crippen LogP contribution >= 0.6 is 0 Å². The van der Waals surface area contributed by atoms with Gasteiger partial charge in [0.05, 0.1) is 38.3 Å². The summed E-state index contributed by atoms with van der Waals surface area (Å²) in [6.07, 6.45) is 2.90. The Morgan fingerprint density at radius 3 is 2.45 bits per heavy atom. The topological polar surface area (TPSA) is 75.0 Å². The highest BCUT2D eigenvalue weighted by atomic mass is 16.5. The molecule has 0 spiro atoms. The van der Waals surface area contributed by atoms with Crippen LogP contribution in [0.2, 0.25) is 0 Å². The van der Waals surface area contributed by atoms with Gasteiger partial charge in [-0.25, -0.2) is 9.50 Å². The molecule has 0 fully saturated rings. The van der Waals surface area contributed by atoms with Gasteiger partial charge in [0.25, 0.3) is 0 Å². The number of ether oxygens (including phenoxy) is 3. The summed E-state index contributed by atoms with van der Waals surface area (Å²) in [5, 5.41) is 4.64. The van der Waals surface area contributed by atoms with Gasteiger partial charge in [0.2, 0.25) is 0 Å². The highest BCUT2D eigenvalue weighted by Gasteiger charge is 2.30.